The molecule has 1 aromatic rings. The summed E-state index contributed by atoms with van der Waals surface area (Å²) in [6.45, 7) is 7.08. The first-order valence-electron chi connectivity index (χ1n) is 5.50. The minimum absolute atomic E-state index is 0.215. The minimum Gasteiger partial charge on any atom is -0.489 e. The smallest absolute Gasteiger partial charge is 0.138 e. The summed E-state index contributed by atoms with van der Waals surface area (Å²) in [5, 5.41) is 13.3. The van der Waals surface area contributed by atoms with Crippen LogP contribution in [0.4, 0.5) is 0 Å². The third kappa shape index (κ3) is 5.73. The highest BCUT2D eigenvalue weighted by molar-refractivity contribution is 6.32. The van der Waals surface area contributed by atoms with Crippen LogP contribution in [0.3, 0.4) is 0 Å². The number of benzene rings is 1. The molecular formula is C13H18ClNO2. The summed E-state index contributed by atoms with van der Waals surface area (Å²) in [7, 11) is 0. The van der Waals surface area contributed by atoms with Crippen LogP contribution >= 0.6 is 11.6 Å². The highest BCUT2D eigenvalue weighted by Crippen LogP contribution is 2.22. The Labute approximate surface area is 107 Å². The van der Waals surface area contributed by atoms with Crippen molar-refractivity contribution in [2.45, 2.75) is 13.0 Å². The summed E-state index contributed by atoms with van der Waals surface area (Å²) in [4.78, 5) is 0. The number of para-hydroxylation sites is 1. The molecule has 0 aliphatic heterocycles. The molecule has 0 saturated carbocycles. The van der Waals surface area contributed by atoms with E-state index < -0.39 is 6.10 Å². The van der Waals surface area contributed by atoms with E-state index in [1.165, 1.54) is 0 Å². The first-order chi connectivity index (χ1) is 8.09. The second-order valence-electron chi connectivity index (χ2n) is 3.98. The largest absolute Gasteiger partial charge is 0.489 e. The summed E-state index contributed by atoms with van der Waals surface area (Å²) in [5.41, 5.74) is 1.03. The van der Waals surface area contributed by atoms with Crippen molar-refractivity contribution in [3.05, 3.63) is 41.4 Å². The number of nitrogens with one attached hydrogen (secondary N) is 1. The summed E-state index contributed by atoms with van der Waals surface area (Å²) in [5.74, 6) is 0.591. The van der Waals surface area contributed by atoms with Crippen molar-refractivity contribution in [2.24, 2.45) is 0 Å². The third-order valence-electron chi connectivity index (χ3n) is 2.07. The van der Waals surface area contributed by atoms with Gasteiger partial charge in [0.1, 0.15) is 18.5 Å². The number of hydrogen-bond acceptors (Lipinski definition) is 3. The van der Waals surface area contributed by atoms with Crippen molar-refractivity contribution in [1.29, 1.82) is 0 Å². The van der Waals surface area contributed by atoms with Gasteiger partial charge in [-0.05, 0) is 19.1 Å². The standard InChI is InChI=1S/C13H18ClNO2/c1-10(2)7-15-8-11(16)9-17-13-6-4-3-5-12(13)14/h3-6,11,15-16H,1,7-9H2,2H3. The molecule has 3 nitrogen and oxygen atoms in total. The van der Waals surface area contributed by atoms with Crippen LogP contribution in [0.2, 0.25) is 5.02 Å². The summed E-state index contributed by atoms with van der Waals surface area (Å²) in [6.07, 6.45) is -0.564. The second-order valence-corrected chi connectivity index (χ2v) is 4.39. The van der Waals surface area contributed by atoms with Crippen LogP contribution < -0.4 is 10.1 Å². The molecule has 2 N–H and O–H groups in total. The quantitative estimate of drug-likeness (QED) is 0.735. The number of rotatable bonds is 7. The van der Waals surface area contributed by atoms with E-state index in [1.807, 2.05) is 19.1 Å². The summed E-state index contributed by atoms with van der Waals surface area (Å²) in [6, 6.07) is 7.20. The zero-order chi connectivity index (χ0) is 12.7. The van der Waals surface area contributed by atoms with Crippen molar-refractivity contribution in [3.63, 3.8) is 0 Å². The number of hydrogen-bond donors (Lipinski definition) is 2. The molecule has 0 radical (unpaired) electrons. The van der Waals surface area contributed by atoms with Crippen LogP contribution in [0.15, 0.2) is 36.4 Å². The van der Waals surface area contributed by atoms with Gasteiger partial charge in [0.15, 0.2) is 0 Å². The van der Waals surface area contributed by atoms with E-state index in [2.05, 4.69) is 11.9 Å². The van der Waals surface area contributed by atoms with Gasteiger partial charge in [-0.2, -0.15) is 0 Å². The molecule has 94 valence electrons. The molecule has 0 aliphatic rings. The molecule has 4 heteroatoms. The van der Waals surface area contributed by atoms with Crippen LogP contribution in [-0.2, 0) is 0 Å². The van der Waals surface area contributed by atoms with E-state index in [-0.39, 0.29) is 6.61 Å². The fraction of sp³-hybridized carbons (Fsp3) is 0.385. The summed E-state index contributed by atoms with van der Waals surface area (Å²) < 4.78 is 5.41. The maximum Gasteiger partial charge on any atom is 0.138 e. The molecular weight excluding hydrogens is 238 g/mol. The Bertz CT molecular complexity index is 368. The lowest BCUT2D eigenvalue weighted by Gasteiger charge is -2.13. The van der Waals surface area contributed by atoms with Crippen molar-refractivity contribution in [1.82, 2.24) is 5.32 Å². The number of ether oxygens (including phenoxy) is 1. The highest BCUT2D eigenvalue weighted by atomic mass is 35.5. The molecule has 1 atom stereocenters. The van der Waals surface area contributed by atoms with Gasteiger partial charge in [-0.3, -0.25) is 0 Å². The van der Waals surface area contributed by atoms with Gasteiger partial charge in [-0.1, -0.05) is 35.9 Å². The van der Waals surface area contributed by atoms with Crippen molar-refractivity contribution >= 4 is 11.6 Å². The lowest BCUT2D eigenvalue weighted by molar-refractivity contribution is 0.107. The normalized spacial score (nSPS) is 12.2. The van der Waals surface area contributed by atoms with Gasteiger partial charge >= 0.3 is 0 Å². The lowest BCUT2D eigenvalue weighted by Crippen LogP contribution is -2.32. The van der Waals surface area contributed by atoms with Crippen molar-refractivity contribution in [3.8, 4) is 5.75 Å². The fourth-order valence-electron chi connectivity index (χ4n) is 1.26. The molecule has 0 aromatic heterocycles. The van der Waals surface area contributed by atoms with E-state index in [0.29, 0.717) is 23.9 Å². The molecule has 17 heavy (non-hydrogen) atoms. The second kappa shape index (κ2) is 7.33. The topological polar surface area (TPSA) is 41.5 Å². The maximum absolute atomic E-state index is 9.65. The van der Waals surface area contributed by atoms with Crippen molar-refractivity contribution < 1.29 is 9.84 Å². The zero-order valence-corrected chi connectivity index (χ0v) is 10.7. The third-order valence-corrected chi connectivity index (χ3v) is 2.39. The Morgan fingerprint density at radius 1 is 1.53 bits per heavy atom. The van der Waals surface area contributed by atoms with Gasteiger partial charge in [-0.15, -0.1) is 0 Å². The molecule has 0 fully saturated rings. The van der Waals surface area contributed by atoms with Gasteiger partial charge in [0, 0.05) is 13.1 Å². The molecule has 0 bridgehead atoms. The van der Waals surface area contributed by atoms with Crippen LogP contribution in [0, 0.1) is 0 Å². The maximum atomic E-state index is 9.65. The predicted octanol–water partition coefficient (Wildman–Crippen LogP) is 2.25. The Morgan fingerprint density at radius 2 is 2.24 bits per heavy atom. The van der Waals surface area contributed by atoms with Crippen LogP contribution in [0.25, 0.3) is 0 Å². The van der Waals surface area contributed by atoms with Gasteiger partial charge in [0.2, 0.25) is 0 Å². The summed E-state index contributed by atoms with van der Waals surface area (Å²) >= 11 is 5.92. The van der Waals surface area contributed by atoms with Gasteiger partial charge < -0.3 is 15.2 Å². The predicted molar refractivity (Wildman–Crippen MR) is 70.6 cm³/mol. The van der Waals surface area contributed by atoms with Crippen LogP contribution in [0.1, 0.15) is 6.92 Å². The van der Waals surface area contributed by atoms with E-state index in [9.17, 15) is 5.11 Å². The van der Waals surface area contributed by atoms with Gasteiger partial charge in [-0.25, -0.2) is 0 Å². The average Bonchev–Trinajstić information content (AvgIpc) is 2.27. The number of halogens is 1. The number of aliphatic hydroxyl groups is 1. The first-order valence-corrected chi connectivity index (χ1v) is 5.88. The first kappa shape index (κ1) is 14.0. The molecule has 0 heterocycles. The minimum atomic E-state index is -0.564. The molecule has 0 spiro atoms. The van der Waals surface area contributed by atoms with Crippen LogP contribution in [0.5, 0.6) is 5.75 Å². The average molecular weight is 256 g/mol. The molecule has 1 rings (SSSR count). The molecule has 0 amide bonds. The van der Waals surface area contributed by atoms with E-state index >= 15 is 0 Å². The van der Waals surface area contributed by atoms with Crippen LogP contribution in [-0.4, -0.2) is 30.9 Å². The van der Waals surface area contributed by atoms with E-state index in [1.54, 1.807) is 12.1 Å². The van der Waals surface area contributed by atoms with Crippen molar-refractivity contribution in [2.75, 3.05) is 19.7 Å². The Morgan fingerprint density at radius 3 is 2.88 bits per heavy atom. The van der Waals surface area contributed by atoms with E-state index in [4.69, 9.17) is 16.3 Å². The Kier molecular flexibility index (Phi) is 6.05. The van der Waals surface area contributed by atoms with Gasteiger partial charge in [0.05, 0.1) is 5.02 Å². The van der Waals surface area contributed by atoms with E-state index in [0.717, 1.165) is 5.57 Å². The SMILES string of the molecule is C=C(C)CNCC(O)COc1ccccc1Cl. The molecule has 0 saturated heterocycles. The molecule has 1 unspecified atom stereocenters. The fourth-order valence-corrected chi connectivity index (χ4v) is 1.45. The zero-order valence-electron chi connectivity index (χ0n) is 9.95. The Hall–Kier alpha value is -1.03. The van der Waals surface area contributed by atoms with Gasteiger partial charge in [0.25, 0.3) is 0 Å². The Balaban J connectivity index is 2.26. The monoisotopic (exact) mass is 255 g/mol. The highest BCUT2D eigenvalue weighted by Gasteiger charge is 2.06. The molecule has 0 aliphatic carbocycles. The molecule has 1 aromatic carbocycles. The number of aliphatic hydroxyl groups excluding tert-OH is 1. The lowest BCUT2D eigenvalue weighted by atomic mass is 10.3.